The van der Waals surface area contributed by atoms with Gasteiger partial charge in [0, 0.05) is 19.6 Å². The second-order valence-electron chi connectivity index (χ2n) is 12.3. The molecular weight excluding hydrogens is 510 g/mol. The Morgan fingerprint density at radius 3 is 2.17 bits per heavy atom. The van der Waals surface area contributed by atoms with E-state index >= 15 is 0 Å². The number of nitrogens with one attached hydrogen (secondary N) is 1. The number of carbonyl (C=O) groups excluding carboxylic acids is 2. The van der Waals surface area contributed by atoms with Gasteiger partial charge >= 0.3 is 0 Å². The summed E-state index contributed by atoms with van der Waals surface area (Å²) >= 11 is 0. The minimum Gasteiger partial charge on any atom is -0.379 e. The van der Waals surface area contributed by atoms with Gasteiger partial charge in [0.15, 0.2) is 0 Å². The van der Waals surface area contributed by atoms with Crippen molar-refractivity contribution in [1.82, 2.24) is 15.1 Å². The molecule has 2 atom stereocenters. The molecule has 0 aromatic heterocycles. The molecule has 5 rings (SSSR count). The van der Waals surface area contributed by atoms with Crippen LogP contribution in [0.4, 0.5) is 0 Å². The lowest BCUT2D eigenvalue weighted by Gasteiger charge is -2.44. The Labute approximate surface area is 246 Å². The molecule has 1 N–H and O–H groups in total. The molecule has 2 saturated heterocycles. The first-order chi connectivity index (χ1) is 20.1. The third-order valence-electron chi connectivity index (χ3n) is 9.73. The van der Waals surface area contributed by atoms with Crippen LogP contribution in [0.1, 0.15) is 74.6 Å². The molecule has 2 aromatic carbocycles. The maximum Gasteiger partial charge on any atom is 0.246 e. The lowest BCUT2D eigenvalue weighted by molar-refractivity contribution is -0.154. The smallest absolute Gasteiger partial charge is 0.246 e. The number of carbonyl (C=O) groups is 2. The molecule has 6 nitrogen and oxygen atoms in total. The molecule has 2 heterocycles. The predicted octanol–water partition coefficient (Wildman–Crippen LogP) is 5.17. The topological polar surface area (TPSA) is 61.9 Å². The molecule has 2 aromatic rings. The lowest BCUT2D eigenvalue weighted by atomic mass is 9.85. The van der Waals surface area contributed by atoms with Crippen LogP contribution in [-0.2, 0) is 40.1 Å². The fraction of sp³-hybridized carbons (Fsp3) is 0.600. The van der Waals surface area contributed by atoms with Crippen molar-refractivity contribution in [2.45, 2.75) is 90.3 Å². The van der Waals surface area contributed by atoms with Gasteiger partial charge in [-0.1, -0.05) is 88.1 Å². The Hall–Kier alpha value is -2.70. The van der Waals surface area contributed by atoms with E-state index in [1.807, 2.05) is 4.90 Å². The third-order valence-corrected chi connectivity index (χ3v) is 9.73. The lowest BCUT2D eigenvalue weighted by Crippen LogP contribution is -2.66. The van der Waals surface area contributed by atoms with Gasteiger partial charge in [-0.2, -0.15) is 0 Å². The number of morpholine rings is 1. The van der Waals surface area contributed by atoms with Crippen molar-refractivity contribution in [3.63, 3.8) is 0 Å². The average Bonchev–Trinajstić information content (AvgIpc) is 3.44. The van der Waals surface area contributed by atoms with Crippen molar-refractivity contribution in [2.24, 2.45) is 11.8 Å². The van der Waals surface area contributed by atoms with E-state index in [1.54, 1.807) is 0 Å². The van der Waals surface area contributed by atoms with Crippen LogP contribution in [0.5, 0.6) is 0 Å². The zero-order valence-electron chi connectivity index (χ0n) is 25.2. The number of benzene rings is 2. The van der Waals surface area contributed by atoms with Crippen LogP contribution in [-0.4, -0.2) is 66.5 Å². The number of amides is 2. The van der Waals surface area contributed by atoms with Crippen LogP contribution < -0.4 is 5.32 Å². The van der Waals surface area contributed by atoms with Gasteiger partial charge in [-0.3, -0.25) is 14.5 Å². The molecular formula is C35H49N3O3. The van der Waals surface area contributed by atoms with Crippen molar-refractivity contribution >= 4 is 11.8 Å². The molecule has 2 aliphatic heterocycles. The van der Waals surface area contributed by atoms with Crippen molar-refractivity contribution in [3.05, 3.63) is 70.8 Å². The number of hydrogen-bond acceptors (Lipinski definition) is 4. The van der Waals surface area contributed by atoms with Gasteiger partial charge in [-0.15, -0.1) is 0 Å². The molecule has 1 aliphatic carbocycles. The summed E-state index contributed by atoms with van der Waals surface area (Å²) < 4.78 is 5.46. The van der Waals surface area contributed by atoms with Gasteiger partial charge in [0.2, 0.25) is 11.8 Å². The maximum atomic E-state index is 14.2. The number of ether oxygens (including phenoxy) is 1. The fourth-order valence-electron chi connectivity index (χ4n) is 7.25. The minimum atomic E-state index is -0.459. The number of piperazine rings is 1. The summed E-state index contributed by atoms with van der Waals surface area (Å²) in [6, 6.07) is 16.2. The first kappa shape index (κ1) is 29.8. The van der Waals surface area contributed by atoms with Crippen LogP contribution in [0, 0.1) is 11.8 Å². The highest BCUT2D eigenvalue weighted by molar-refractivity contribution is 5.97. The first-order valence-corrected chi connectivity index (χ1v) is 16.1. The number of aryl methyl sites for hydroxylation is 1. The Morgan fingerprint density at radius 2 is 1.49 bits per heavy atom. The molecule has 0 unspecified atom stereocenters. The van der Waals surface area contributed by atoms with Crippen molar-refractivity contribution < 1.29 is 14.3 Å². The summed E-state index contributed by atoms with van der Waals surface area (Å²) in [5, 5.41) is 3.21. The van der Waals surface area contributed by atoms with E-state index in [4.69, 9.17) is 4.74 Å². The Morgan fingerprint density at radius 1 is 0.854 bits per heavy atom. The van der Waals surface area contributed by atoms with Crippen molar-refractivity contribution in [1.29, 1.82) is 0 Å². The van der Waals surface area contributed by atoms with Crippen LogP contribution >= 0.6 is 0 Å². The van der Waals surface area contributed by atoms with Crippen LogP contribution in [0.2, 0.25) is 0 Å². The number of fused-ring (bicyclic) bond motifs is 1. The molecule has 0 bridgehead atoms. The highest BCUT2D eigenvalue weighted by Gasteiger charge is 2.47. The average molecular weight is 560 g/mol. The molecule has 41 heavy (non-hydrogen) atoms. The second kappa shape index (κ2) is 14.5. The molecule has 0 spiro atoms. The zero-order valence-corrected chi connectivity index (χ0v) is 25.2. The monoisotopic (exact) mass is 559 g/mol. The van der Waals surface area contributed by atoms with Gasteiger partial charge in [-0.05, 0) is 72.7 Å². The highest BCUT2D eigenvalue weighted by Crippen LogP contribution is 2.33. The molecule has 6 heteroatoms. The van der Waals surface area contributed by atoms with Crippen LogP contribution in [0.25, 0.3) is 0 Å². The normalized spacial score (nSPS) is 21.9. The number of unbranched alkanes of at least 4 members (excludes halogenated alkanes) is 3. The summed E-state index contributed by atoms with van der Waals surface area (Å²) in [5.74, 6) is 0.384. The second-order valence-corrected chi connectivity index (χ2v) is 12.3. The number of hydrogen-bond donors (Lipinski definition) is 1. The van der Waals surface area contributed by atoms with Crippen LogP contribution in [0.3, 0.4) is 0 Å². The van der Waals surface area contributed by atoms with E-state index in [9.17, 15) is 9.59 Å². The molecule has 2 amide bonds. The van der Waals surface area contributed by atoms with E-state index < -0.39 is 12.1 Å². The molecule has 0 saturated carbocycles. The first-order valence-electron chi connectivity index (χ1n) is 16.1. The zero-order chi connectivity index (χ0) is 28.6. The highest BCUT2D eigenvalue weighted by atomic mass is 16.5. The standard InChI is InChI=1S/C35H49N3O3/c1-3-26(4-2)33-34(39)36-32(31-23-28-15-9-10-16-29(28)24-31)35(40)38(33)25-30-17-11-8-14-27(30)13-7-5-6-12-18-37-19-21-41-22-20-37/h8-11,14-17,26,31-33H,3-7,12-13,18-25H2,1-2H3,(H,36,39)/t32-,33-/m1/s1. The van der Waals surface area contributed by atoms with E-state index in [1.165, 1.54) is 48.1 Å². The maximum absolute atomic E-state index is 14.2. The van der Waals surface area contributed by atoms with Gasteiger partial charge in [0.1, 0.15) is 12.1 Å². The molecule has 3 aliphatic rings. The SMILES string of the molecule is CCC(CC)[C@@H]1C(=O)N[C@H](C2Cc3ccccc3C2)C(=O)N1Cc1ccccc1CCCCCCN1CCOCC1. The van der Waals surface area contributed by atoms with Crippen molar-refractivity contribution in [2.75, 3.05) is 32.8 Å². The van der Waals surface area contributed by atoms with Crippen LogP contribution in [0.15, 0.2) is 48.5 Å². The number of nitrogens with zero attached hydrogens (tertiary/aromatic N) is 2. The van der Waals surface area contributed by atoms with Gasteiger partial charge in [0.25, 0.3) is 0 Å². The molecule has 222 valence electrons. The van der Waals surface area contributed by atoms with E-state index in [0.29, 0.717) is 6.54 Å². The summed E-state index contributed by atoms with van der Waals surface area (Å²) in [6.45, 7) is 9.81. The predicted molar refractivity (Wildman–Crippen MR) is 164 cm³/mol. The van der Waals surface area contributed by atoms with Crippen molar-refractivity contribution in [3.8, 4) is 0 Å². The van der Waals surface area contributed by atoms with Gasteiger partial charge < -0.3 is 15.0 Å². The fourth-order valence-corrected chi connectivity index (χ4v) is 7.25. The minimum absolute atomic E-state index is 0.0250. The van der Waals surface area contributed by atoms with E-state index in [-0.39, 0.29) is 23.7 Å². The molecule has 2 fully saturated rings. The van der Waals surface area contributed by atoms with E-state index in [0.717, 1.165) is 64.8 Å². The quantitative estimate of drug-likeness (QED) is 0.344. The third kappa shape index (κ3) is 7.21. The summed E-state index contributed by atoms with van der Waals surface area (Å²) in [7, 11) is 0. The summed E-state index contributed by atoms with van der Waals surface area (Å²) in [4.78, 5) is 32.4. The Kier molecular flexibility index (Phi) is 10.5. The summed E-state index contributed by atoms with van der Waals surface area (Å²) in [6.07, 6.45) is 9.30. The van der Waals surface area contributed by atoms with Gasteiger partial charge in [-0.25, -0.2) is 0 Å². The van der Waals surface area contributed by atoms with Gasteiger partial charge in [0.05, 0.1) is 13.2 Å². The largest absolute Gasteiger partial charge is 0.379 e. The number of rotatable bonds is 13. The molecule has 0 radical (unpaired) electrons. The van der Waals surface area contributed by atoms with E-state index in [2.05, 4.69) is 72.6 Å². The Bertz CT molecular complexity index is 1130. The summed E-state index contributed by atoms with van der Waals surface area (Å²) in [5.41, 5.74) is 5.12. The Balaban J connectivity index is 1.25.